The number of rotatable bonds is 3. The molecule has 0 spiro atoms. The van der Waals surface area contributed by atoms with E-state index in [0.29, 0.717) is 22.3 Å². The molecule has 1 amide bonds. The third kappa shape index (κ3) is 3.27. The number of amides is 1. The molecule has 2 aromatic carbocycles. The van der Waals surface area contributed by atoms with Crippen molar-refractivity contribution < 1.29 is 19.4 Å². The molecule has 0 unspecified atom stereocenters. The first-order valence-corrected chi connectivity index (χ1v) is 8.18. The van der Waals surface area contributed by atoms with Crippen LogP contribution in [0.5, 0.6) is 11.5 Å². The summed E-state index contributed by atoms with van der Waals surface area (Å²) in [6.07, 6.45) is 0. The molecule has 0 bridgehead atoms. The number of hydrogen-bond acceptors (Lipinski definition) is 5. The summed E-state index contributed by atoms with van der Waals surface area (Å²) >= 11 is 0. The van der Waals surface area contributed by atoms with Crippen LogP contribution in [0, 0.1) is 0 Å². The minimum absolute atomic E-state index is 0.303. The van der Waals surface area contributed by atoms with Gasteiger partial charge in [0.05, 0.1) is 5.52 Å². The number of aromatic hydroxyl groups is 1. The van der Waals surface area contributed by atoms with Crippen molar-refractivity contribution >= 4 is 28.5 Å². The molecule has 3 rings (SSSR count). The number of esters is 1. The molecule has 0 aliphatic heterocycles. The van der Waals surface area contributed by atoms with Crippen molar-refractivity contribution in [2.75, 3.05) is 11.9 Å². The SMILES string of the molecule is CC(=O)Oc1ccc(N(C)C(=O)c2c(O)c3ccccc3n(C)c2=O)cc1. The summed E-state index contributed by atoms with van der Waals surface area (Å²) in [6.45, 7) is 1.29. The van der Waals surface area contributed by atoms with Gasteiger partial charge in [-0.1, -0.05) is 12.1 Å². The second-order valence-corrected chi connectivity index (χ2v) is 6.06. The van der Waals surface area contributed by atoms with E-state index in [1.54, 1.807) is 55.6 Å². The number of anilines is 1. The first kappa shape index (κ1) is 18.2. The van der Waals surface area contributed by atoms with Crippen LogP contribution in [0.1, 0.15) is 17.3 Å². The maximum absolute atomic E-state index is 12.9. The highest BCUT2D eigenvalue weighted by Gasteiger charge is 2.24. The van der Waals surface area contributed by atoms with Crippen LogP contribution < -0.4 is 15.2 Å². The van der Waals surface area contributed by atoms with Gasteiger partial charge >= 0.3 is 5.97 Å². The van der Waals surface area contributed by atoms with Gasteiger partial charge < -0.3 is 19.3 Å². The normalized spacial score (nSPS) is 10.6. The van der Waals surface area contributed by atoms with E-state index in [1.807, 2.05) is 0 Å². The first-order chi connectivity index (χ1) is 12.8. The van der Waals surface area contributed by atoms with Gasteiger partial charge in [0.15, 0.2) is 0 Å². The van der Waals surface area contributed by atoms with Crippen molar-refractivity contribution in [3.63, 3.8) is 0 Å². The van der Waals surface area contributed by atoms with E-state index >= 15 is 0 Å². The number of pyridine rings is 1. The number of ether oxygens (including phenoxy) is 1. The van der Waals surface area contributed by atoms with Gasteiger partial charge in [-0.05, 0) is 36.4 Å². The van der Waals surface area contributed by atoms with Gasteiger partial charge in [-0.15, -0.1) is 0 Å². The molecular weight excluding hydrogens is 348 g/mol. The molecule has 1 heterocycles. The average molecular weight is 366 g/mol. The van der Waals surface area contributed by atoms with E-state index in [1.165, 1.54) is 23.4 Å². The molecule has 0 saturated carbocycles. The summed E-state index contributed by atoms with van der Waals surface area (Å²) in [5.41, 5.74) is 0.123. The predicted octanol–water partition coefficient (Wildman–Crippen LogP) is 2.45. The Balaban J connectivity index is 2.03. The monoisotopic (exact) mass is 366 g/mol. The van der Waals surface area contributed by atoms with Gasteiger partial charge in [-0.25, -0.2) is 0 Å². The standard InChI is InChI=1S/C20H18N2O5/c1-12(23)27-14-10-8-13(9-11-14)21(2)19(25)17-18(24)15-6-4-5-7-16(15)22(3)20(17)26/h4-11,24H,1-3H3. The van der Waals surface area contributed by atoms with Crippen molar-refractivity contribution in [3.05, 3.63) is 64.4 Å². The summed E-state index contributed by atoms with van der Waals surface area (Å²) in [4.78, 5) is 37.8. The molecule has 1 N–H and O–H groups in total. The lowest BCUT2D eigenvalue weighted by Gasteiger charge is -2.19. The summed E-state index contributed by atoms with van der Waals surface area (Å²) in [7, 11) is 3.05. The topological polar surface area (TPSA) is 88.8 Å². The van der Waals surface area contributed by atoms with Gasteiger partial charge in [-0.2, -0.15) is 0 Å². The van der Waals surface area contributed by atoms with Crippen LogP contribution in [0.3, 0.4) is 0 Å². The van der Waals surface area contributed by atoms with Crippen LogP contribution in [-0.2, 0) is 11.8 Å². The maximum Gasteiger partial charge on any atom is 0.308 e. The van der Waals surface area contributed by atoms with Crippen molar-refractivity contribution in [1.29, 1.82) is 0 Å². The Morgan fingerprint density at radius 2 is 1.70 bits per heavy atom. The van der Waals surface area contributed by atoms with Crippen LogP contribution in [0.15, 0.2) is 53.3 Å². The molecule has 7 nitrogen and oxygen atoms in total. The first-order valence-electron chi connectivity index (χ1n) is 8.18. The molecular formula is C20H18N2O5. The number of nitrogens with zero attached hydrogens (tertiary/aromatic N) is 2. The zero-order chi connectivity index (χ0) is 19.7. The Kier molecular flexibility index (Phi) is 4.68. The van der Waals surface area contributed by atoms with Gasteiger partial charge in [-0.3, -0.25) is 14.4 Å². The van der Waals surface area contributed by atoms with Crippen molar-refractivity contribution in [2.45, 2.75) is 6.92 Å². The highest BCUT2D eigenvalue weighted by Crippen LogP contribution is 2.28. The molecule has 3 aromatic rings. The van der Waals surface area contributed by atoms with E-state index in [9.17, 15) is 19.5 Å². The summed E-state index contributed by atoms with van der Waals surface area (Å²) in [6, 6.07) is 13.1. The Morgan fingerprint density at radius 3 is 2.33 bits per heavy atom. The summed E-state index contributed by atoms with van der Waals surface area (Å²) < 4.78 is 6.29. The number of carbonyl (C=O) groups is 2. The zero-order valence-electron chi connectivity index (χ0n) is 15.1. The van der Waals surface area contributed by atoms with Crippen molar-refractivity contribution in [1.82, 2.24) is 4.57 Å². The number of benzene rings is 2. The van der Waals surface area contributed by atoms with E-state index in [-0.39, 0.29) is 11.3 Å². The number of aryl methyl sites for hydroxylation is 1. The average Bonchev–Trinajstić information content (AvgIpc) is 2.66. The van der Waals surface area contributed by atoms with E-state index in [0.717, 1.165) is 0 Å². The molecule has 0 saturated heterocycles. The van der Waals surface area contributed by atoms with E-state index in [4.69, 9.17) is 4.74 Å². The van der Waals surface area contributed by atoms with E-state index in [2.05, 4.69) is 0 Å². The lowest BCUT2D eigenvalue weighted by Crippen LogP contribution is -2.34. The number of fused-ring (bicyclic) bond motifs is 1. The molecule has 0 aliphatic rings. The Bertz CT molecular complexity index is 1100. The summed E-state index contributed by atoms with van der Waals surface area (Å²) in [5.74, 6) is -1.09. The second kappa shape index (κ2) is 6.95. The van der Waals surface area contributed by atoms with E-state index < -0.39 is 17.4 Å². The van der Waals surface area contributed by atoms with Crippen molar-refractivity contribution in [3.8, 4) is 11.5 Å². The van der Waals surface area contributed by atoms with Gasteiger partial charge in [0.25, 0.3) is 11.5 Å². The van der Waals surface area contributed by atoms with Crippen LogP contribution in [0.4, 0.5) is 5.69 Å². The smallest absolute Gasteiger partial charge is 0.308 e. The minimum Gasteiger partial charge on any atom is -0.506 e. The molecule has 0 aliphatic carbocycles. The zero-order valence-corrected chi connectivity index (χ0v) is 15.1. The van der Waals surface area contributed by atoms with Crippen LogP contribution in [0.25, 0.3) is 10.9 Å². The lowest BCUT2D eigenvalue weighted by atomic mass is 10.1. The molecule has 0 atom stereocenters. The number of carbonyl (C=O) groups excluding carboxylic acids is 2. The minimum atomic E-state index is -0.640. The molecule has 0 radical (unpaired) electrons. The fourth-order valence-corrected chi connectivity index (χ4v) is 2.86. The number of hydrogen-bond donors (Lipinski definition) is 1. The van der Waals surface area contributed by atoms with Crippen molar-refractivity contribution in [2.24, 2.45) is 7.05 Å². The Labute approximate surface area is 155 Å². The molecule has 138 valence electrons. The Hall–Kier alpha value is -3.61. The largest absolute Gasteiger partial charge is 0.506 e. The van der Waals surface area contributed by atoms with Gasteiger partial charge in [0.2, 0.25) is 0 Å². The number of aromatic nitrogens is 1. The molecule has 27 heavy (non-hydrogen) atoms. The predicted molar refractivity (Wildman–Crippen MR) is 101 cm³/mol. The molecule has 1 aromatic heterocycles. The number of para-hydroxylation sites is 1. The molecule has 0 fully saturated rings. The second-order valence-electron chi connectivity index (χ2n) is 6.06. The van der Waals surface area contributed by atoms with Crippen LogP contribution in [0.2, 0.25) is 0 Å². The van der Waals surface area contributed by atoms with Crippen LogP contribution in [-0.4, -0.2) is 28.6 Å². The molecule has 7 heteroatoms. The third-order valence-electron chi connectivity index (χ3n) is 4.28. The Morgan fingerprint density at radius 1 is 1.07 bits per heavy atom. The highest BCUT2D eigenvalue weighted by atomic mass is 16.5. The third-order valence-corrected chi connectivity index (χ3v) is 4.28. The van der Waals surface area contributed by atoms with Gasteiger partial charge in [0.1, 0.15) is 17.1 Å². The maximum atomic E-state index is 12.9. The van der Waals surface area contributed by atoms with Crippen LogP contribution >= 0.6 is 0 Å². The lowest BCUT2D eigenvalue weighted by molar-refractivity contribution is -0.131. The fraction of sp³-hybridized carbons (Fsp3) is 0.150. The fourth-order valence-electron chi connectivity index (χ4n) is 2.86. The highest BCUT2D eigenvalue weighted by molar-refractivity contribution is 6.10. The summed E-state index contributed by atoms with van der Waals surface area (Å²) in [5, 5.41) is 11.0. The van der Waals surface area contributed by atoms with Gasteiger partial charge in [0, 0.05) is 32.1 Å². The quantitative estimate of drug-likeness (QED) is 0.568.